The molecule has 1 aromatic heterocycles. The molecule has 1 atom stereocenters. The molecule has 1 saturated heterocycles. The van der Waals surface area contributed by atoms with Gasteiger partial charge < -0.3 is 15.0 Å². The van der Waals surface area contributed by atoms with Crippen molar-refractivity contribution in [3.63, 3.8) is 0 Å². The van der Waals surface area contributed by atoms with Crippen molar-refractivity contribution in [2.75, 3.05) is 25.0 Å². The van der Waals surface area contributed by atoms with Crippen LogP contribution in [0.15, 0.2) is 10.4 Å². The van der Waals surface area contributed by atoms with E-state index in [1.54, 1.807) is 13.1 Å². The zero-order valence-corrected chi connectivity index (χ0v) is 18.9. The molecule has 0 aromatic carbocycles. The summed E-state index contributed by atoms with van der Waals surface area (Å²) in [4.78, 5) is 31.5. The van der Waals surface area contributed by atoms with Crippen LogP contribution < -0.4 is 10.6 Å². The highest BCUT2D eigenvalue weighted by molar-refractivity contribution is 8.02. The monoisotopic (exact) mass is 440 g/mol. The summed E-state index contributed by atoms with van der Waals surface area (Å²) in [6.07, 6.45) is 9.56. The van der Waals surface area contributed by atoms with Crippen molar-refractivity contribution in [2.24, 2.45) is 0 Å². The van der Waals surface area contributed by atoms with E-state index in [2.05, 4.69) is 20.5 Å². The topological polar surface area (TPSA) is 83.6 Å². The summed E-state index contributed by atoms with van der Waals surface area (Å²) in [6, 6.07) is 0.578. The van der Waals surface area contributed by atoms with Crippen molar-refractivity contribution in [2.45, 2.75) is 80.3 Å². The smallest absolute Gasteiger partial charge is 0.324 e. The first-order chi connectivity index (χ1) is 14.1. The minimum atomic E-state index is -0.299. The van der Waals surface area contributed by atoms with Gasteiger partial charge in [0.1, 0.15) is 5.25 Å². The minimum absolute atomic E-state index is 0.0341. The van der Waals surface area contributed by atoms with Gasteiger partial charge in [0.2, 0.25) is 0 Å². The van der Waals surface area contributed by atoms with Crippen LogP contribution in [0.2, 0.25) is 0 Å². The largest absolute Gasteiger partial charge is 0.465 e. The number of ether oxygens (including phenoxy) is 1. The zero-order valence-electron chi connectivity index (χ0n) is 17.3. The average Bonchev–Trinajstić information content (AvgIpc) is 3.16. The molecule has 1 aliphatic heterocycles. The molecule has 1 aromatic rings. The Morgan fingerprint density at radius 1 is 1.28 bits per heavy atom. The molecule has 2 amide bonds. The van der Waals surface area contributed by atoms with E-state index in [9.17, 15) is 9.59 Å². The summed E-state index contributed by atoms with van der Waals surface area (Å²) in [6.45, 7) is 5.93. The fraction of sp³-hybridized carbons (Fsp3) is 0.750. The lowest BCUT2D eigenvalue weighted by molar-refractivity contribution is -0.142. The number of hydrogen-bond donors (Lipinski definition) is 2. The van der Waals surface area contributed by atoms with Crippen LogP contribution in [0.25, 0.3) is 0 Å². The van der Waals surface area contributed by atoms with Gasteiger partial charge in [-0.05, 0) is 52.6 Å². The number of rotatable bonds is 7. The Labute approximate surface area is 181 Å². The molecule has 0 radical (unpaired) electrons. The standard InChI is InChI=1S/C20H32N4O3S2/c1-3-27-18(25)14(2)28-17-13-22-19(29-17)23-20(26)24(15-7-5-4-6-8-15)16-9-11-21-12-10-16/h13-16,21H,3-12H2,1-2H3,(H,22,23,26). The molecule has 2 N–H and O–H groups in total. The van der Waals surface area contributed by atoms with Crippen LogP contribution in [-0.2, 0) is 9.53 Å². The zero-order chi connectivity index (χ0) is 20.6. The third-order valence-electron chi connectivity index (χ3n) is 5.51. The van der Waals surface area contributed by atoms with Crippen LogP contribution >= 0.6 is 23.1 Å². The van der Waals surface area contributed by atoms with E-state index in [0.29, 0.717) is 17.8 Å². The average molecular weight is 441 g/mol. The van der Waals surface area contributed by atoms with Gasteiger partial charge in [-0.2, -0.15) is 0 Å². The van der Waals surface area contributed by atoms with Gasteiger partial charge in [0.25, 0.3) is 0 Å². The Morgan fingerprint density at radius 2 is 1.97 bits per heavy atom. The van der Waals surface area contributed by atoms with E-state index in [0.717, 1.165) is 43.0 Å². The number of aromatic nitrogens is 1. The number of amides is 2. The Bertz CT molecular complexity index is 654. The fourth-order valence-corrected chi connectivity index (χ4v) is 6.11. The first-order valence-electron chi connectivity index (χ1n) is 10.7. The van der Waals surface area contributed by atoms with Gasteiger partial charge in [-0.25, -0.2) is 9.78 Å². The number of hydrogen-bond acceptors (Lipinski definition) is 7. The number of nitrogens with one attached hydrogen (secondary N) is 2. The van der Waals surface area contributed by atoms with Gasteiger partial charge in [0, 0.05) is 12.1 Å². The molecule has 2 fully saturated rings. The van der Waals surface area contributed by atoms with Crippen molar-refractivity contribution in [3.8, 4) is 0 Å². The van der Waals surface area contributed by atoms with Gasteiger partial charge in [0.05, 0.1) is 17.0 Å². The molecule has 7 nitrogen and oxygen atoms in total. The highest BCUT2D eigenvalue weighted by Crippen LogP contribution is 2.33. The van der Waals surface area contributed by atoms with E-state index in [4.69, 9.17) is 4.74 Å². The molecule has 1 saturated carbocycles. The van der Waals surface area contributed by atoms with Crippen molar-refractivity contribution >= 4 is 40.2 Å². The van der Waals surface area contributed by atoms with Crippen molar-refractivity contribution in [1.82, 2.24) is 15.2 Å². The first-order valence-corrected chi connectivity index (χ1v) is 12.4. The van der Waals surface area contributed by atoms with Crippen LogP contribution in [-0.4, -0.2) is 58.9 Å². The second-order valence-electron chi connectivity index (χ2n) is 7.61. The van der Waals surface area contributed by atoms with E-state index in [1.807, 2.05) is 6.92 Å². The molecular formula is C20H32N4O3S2. The fourth-order valence-electron chi connectivity index (χ4n) is 4.08. The Morgan fingerprint density at radius 3 is 2.66 bits per heavy atom. The number of anilines is 1. The lowest BCUT2D eigenvalue weighted by atomic mass is 9.92. The number of esters is 1. The first kappa shape index (κ1) is 22.4. The molecule has 29 heavy (non-hydrogen) atoms. The quantitative estimate of drug-likeness (QED) is 0.490. The van der Waals surface area contributed by atoms with Gasteiger partial charge in [-0.3, -0.25) is 10.1 Å². The number of piperidine rings is 1. The second kappa shape index (κ2) is 11.2. The molecule has 1 unspecified atom stereocenters. The highest BCUT2D eigenvalue weighted by Gasteiger charge is 2.33. The molecular weight excluding hydrogens is 408 g/mol. The summed E-state index contributed by atoms with van der Waals surface area (Å²) < 4.78 is 5.95. The Kier molecular flexibility index (Phi) is 8.62. The number of carbonyl (C=O) groups is 2. The highest BCUT2D eigenvalue weighted by atomic mass is 32.2. The summed E-state index contributed by atoms with van der Waals surface area (Å²) >= 11 is 2.82. The predicted octanol–water partition coefficient (Wildman–Crippen LogP) is 4.11. The van der Waals surface area contributed by atoms with Gasteiger partial charge in [-0.15, -0.1) is 0 Å². The van der Waals surface area contributed by atoms with Crippen LogP contribution in [0.5, 0.6) is 0 Å². The molecule has 2 aliphatic rings. The Balaban J connectivity index is 1.63. The molecule has 0 bridgehead atoms. The van der Waals surface area contributed by atoms with E-state index >= 15 is 0 Å². The van der Waals surface area contributed by atoms with Crippen molar-refractivity contribution < 1.29 is 14.3 Å². The molecule has 0 spiro atoms. The van der Waals surface area contributed by atoms with Gasteiger partial charge in [-0.1, -0.05) is 42.4 Å². The SMILES string of the molecule is CCOC(=O)C(C)Sc1cnc(NC(=O)N(C2CCCCC2)C2CCNCC2)s1. The molecule has 1 aliphatic carbocycles. The summed E-state index contributed by atoms with van der Waals surface area (Å²) in [5, 5.41) is 6.71. The third-order valence-corrected chi connectivity index (χ3v) is 7.64. The number of carbonyl (C=O) groups excluding carboxylic acids is 2. The normalized spacial score (nSPS) is 19.5. The van der Waals surface area contributed by atoms with E-state index in [-0.39, 0.29) is 23.3 Å². The van der Waals surface area contributed by atoms with E-state index < -0.39 is 0 Å². The predicted molar refractivity (Wildman–Crippen MR) is 118 cm³/mol. The summed E-state index contributed by atoms with van der Waals surface area (Å²) in [5.74, 6) is -0.231. The maximum Gasteiger partial charge on any atom is 0.324 e. The maximum atomic E-state index is 13.2. The Hall–Kier alpha value is -1.32. The second-order valence-corrected chi connectivity index (χ2v) is 10.3. The van der Waals surface area contributed by atoms with E-state index in [1.165, 1.54) is 42.4 Å². The number of nitrogens with zero attached hydrogens (tertiary/aromatic N) is 2. The lowest BCUT2D eigenvalue weighted by Crippen LogP contribution is -2.53. The molecule has 3 rings (SSSR count). The summed E-state index contributed by atoms with van der Waals surface area (Å²) in [5.41, 5.74) is 0. The van der Waals surface area contributed by atoms with Crippen LogP contribution in [0.4, 0.5) is 9.93 Å². The van der Waals surface area contributed by atoms with Crippen LogP contribution in [0.1, 0.15) is 58.8 Å². The molecule has 162 valence electrons. The van der Waals surface area contributed by atoms with Crippen molar-refractivity contribution in [3.05, 3.63) is 6.20 Å². The van der Waals surface area contributed by atoms with Gasteiger partial charge in [0.15, 0.2) is 5.13 Å². The lowest BCUT2D eigenvalue weighted by Gasteiger charge is -2.41. The maximum absolute atomic E-state index is 13.2. The van der Waals surface area contributed by atoms with Gasteiger partial charge >= 0.3 is 12.0 Å². The van der Waals surface area contributed by atoms with Crippen LogP contribution in [0.3, 0.4) is 0 Å². The number of urea groups is 1. The van der Waals surface area contributed by atoms with Crippen molar-refractivity contribution in [1.29, 1.82) is 0 Å². The van der Waals surface area contributed by atoms with Crippen LogP contribution in [0, 0.1) is 0 Å². The molecule has 2 heterocycles. The molecule has 9 heteroatoms. The summed E-state index contributed by atoms with van der Waals surface area (Å²) in [7, 11) is 0. The minimum Gasteiger partial charge on any atom is -0.465 e. The number of thioether (sulfide) groups is 1. The third kappa shape index (κ3) is 6.33. The number of thiazole rings is 1.